The minimum atomic E-state index is -0.137. The number of unbranched alkanes of at least 4 members (excludes halogenated alkanes) is 1. The topological polar surface area (TPSA) is 82.2 Å². The standard InChI is InChI=1S/C11H18N4O2/c1-2-3-5-15-9-4-6-17-7-8(9)13-10(14-12)11(15)16/h2-7,12H2,1H3,(H,13,14). The van der Waals surface area contributed by atoms with Crippen molar-refractivity contribution in [1.82, 2.24) is 9.55 Å². The Morgan fingerprint density at radius 1 is 1.59 bits per heavy atom. The van der Waals surface area contributed by atoms with Crippen LogP contribution in [-0.2, 0) is 24.3 Å². The van der Waals surface area contributed by atoms with Gasteiger partial charge in [0.05, 0.1) is 18.9 Å². The first-order valence-corrected chi connectivity index (χ1v) is 5.95. The van der Waals surface area contributed by atoms with Crippen LogP contribution in [-0.4, -0.2) is 16.2 Å². The van der Waals surface area contributed by atoms with Crippen molar-refractivity contribution < 1.29 is 4.74 Å². The predicted octanol–water partition coefficient (Wildman–Crippen LogP) is 0.402. The van der Waals surface area contributed by atoms with Crippen LogP contribution in [0.4, 0.5) is 5.82 Å². The fourth-order valence-corrected chi connectivity index (χ4v) is 2.03. The van der Waals surface area contributed by atoms with E-state index in [0.29, 0.717) is 13.2 Å². The van der Waals surface area contributed by atoms with Gasteiger partial charge in [-0.1, -0.05) is 13.3 Å². The number of nitrogens with two attached hydrogens (primary N) is 1. The highest BCUT2D eigenvalue weighted by Gasteiger charge is 2.18. The van der Waals surface area contributed by atoms with Crippen LogP contribution in [0, 0.1) is 0 Å². The molecule has 17 heavy (non-hydrogen) atoms. The van der Waals surface area contributed by atoms with Gasteiger partial charge < -0.3 is 14.7 Å². The van der Waals surface area contributed by atoms with Crippen LogP contribution in [0.25, 0.3) is 0 Å². The van der Waals surface area contributed by atoms with Gasteiger partial charge in [-0.05, 0) is 6.42 Å². The molecule has 6 heteroatoms. The van der Waals surface area contributed by atoms with Crippen LogP contribution < -0.4 is 16.8 Å². The average molecular weight is 238 g/mol. The van der Waals surface area contributed by atoms with E-state index in [9.17, 15) is 4.79 Å². The van der Waals surface area contributed by atoms with Crippen molar-refractivity contribution in [3.05, 3.63) is 21.7 Å². The third-order valence-corrected chi connectivity index (χ3v) is 2.95. The van der Waals surface area contributed by atoms with E-state index in [1.165, 1.54) is 0 Å². The van der Waals surface area contributed by atoms with Gasteiger partial charge in [0.15, 0.2) is 0 Å². The van der Waals surface area contributed by atoms with Crippen molar-refractivity contribution in [3.63, 3.8) is 0 Å². The fourth-order valence-electron chi connectivity index (χ4n) is 2.03. The zero-order chi connectivity index (χ0) is 12.3. The molecule has 0 saturated heterocycles. The molecule has 0 aromatic carbocycles. The average Bonchev–Trinajstić information content (AvgIpc) is 2.37. The Morgan fingerprint density at radius 2 is 2.41 bits per heavy atom. The summed E-state index contributed by atoms with van der Waals surface area (Å²) in [4.78, 5) is 16.3. The first-order chi connectivity index (χ1) is 8.27. The lowest BCUT2D eigenvalue weighted by molar-refractivity contribution is 0.103. The molecule has 0 aliphatic carbocycles. The highest BCUT2D eigenvalue weighted by atomic mass is 16.5. The highest BCUT2D eigenvalue weighted by molar-refractivity contribution is 5.34. The van der Waals surface area contributed by atoms with Crippen molar-refractivity contribution in [1.29, 1.82) is 0 Å². The second-order valence-electron chi connectivity index (χ2n) is 4.11. The lowest BCUT2D eigenvalue weighted by atomic mass is 10.2. The van der Waals surface area contributed by atoms with Crippen molar-refractivity contribution in [2.24, 2.45) is 5.84 Å². The summed E-state index contributed by atoms with van der Waals surface area (Å²) < 4.78 is 7.13. The summed E-state index contributed by atoms with van der Waals surface area (Å²) in [5.41, 5.74) is 4.04. The van der Waals surface area contributed by atoms with Gasteiger partial charge in [0, 0.05) is 18.7 Å². The Bertz CT molecular complexity index is 456. The van der Waals surface area contributed by atoms with Crippen LogP contribution in [0.5, 0.6) is 0 Å². The van der Waals surface area contributed by atoms with E-state index < -0.39 is 0 Å². The molecule has 0 fully saturated rings. The molecule has 1 aliphatic rings. The van der Waals surface area contributed by atoms with Crippen molar-refractivity contribution in [2.75, 3.05) is 12.0 Å². The Morgan fingerprint density at radius 3 is 3.12 bits per heavy atom. The number of hydrazine groups is 1. The normalized spacial score (nSPS) is 14.5. The smallest absolute Gasteiger partial charge is 0.294 e. The third-order valence-electron chi connectivity index (χ3n) is 2.95. The molecule has 0 radical (unpaired) electrons. The number of anilines is 1. The molecule has 0 amide bonds. The molecule has 0 bridgehead atoms. The molecule has 3 N–H and O–H groups in total. The molecule has 0 unspecified atom stereocenters. The molecule has 0 spiro atoms. The Kier molecular flexibility index (Phi) is 3.75. The van der Waals surface area contributed by atoms with Gasteiger partial charge in [-0.25, -0.2) is 10.8 Å². The lowest BCUT2D eigenvalue weighted by Gasteiger charge is -2.21. The Labute approximate surface area is 99.8 Å². The second-order valence-corrected chi connectivity index (χ2v) is 4.11. The number of rotatable bonds is 4. The molecule has 1 aromatic rings. The summed E-state index contributed by atoms with van der Waals surface area (Å²) >= 11 is 0. The van der Waals surface area contributed by atoms with E-state index in [2.05, 4.69) is 17.3 Å². The molecular weight excluding hydrogens is 220 g/mol. The van der Waals surface area contributed by atoms with Gasteiger partial charge in [0.1, 0.15) is 0 Å². The summed E-state index contributed by atoms with van der Waals surface area (Å²) in [6.07, 6.45) is 2.76. The van der Waals surface area contributed by atoms with Crippen LogP contribution in [0.2, 0.25) is 0 Å². The van der Waals surface area contributed by atoms with E-state index in [1.807, 2.05) is 0 Å². The van der Waals surface area contributed by atoms with Crippen LogP contribution >= 0.6 is 0 Å². The summed E-state index contributed by atoms with van der Waals surface area (Å²) in [6, 6.07) is 0. The molecule has 1 aromatic heterocycles. The van der Waals surface area contributed by atoms with Gasteiger partial charge in [-0.2, -0.15) is 0 Å². The third kappa shape index (κ3) is 2.32. The molecule has 94 valence electrons. The van der Waals surface area contributed by atoms with E-state index in [1.54, 1.807) is 4.57 Å². The largest absolute Gasteiger partial charge is 0.375 e. The quantitative estimate of drug-likeness (QED) is 0.586. The van der Waals surface area contributed by atoms with Gasteiger partial charge in [0.2, 0.25) is 5.82 Å². The molecule has 2 heterocycles. The zero-order valence-corrected chi connectivity index (χ0v) is 10.0. The maximum absolute atomic E-state index is 12.1. The molecule has 6 nitrogen and oxygen atoms in total. The number of hydrogen-bond donors (Lipinski definition) is 2. The monoisotopic (exact) mass is 238 g/mol. The fraction of sp³-hybridized carbons (Fsp3) is 0.636. The molecular formula is C11H18N4O2. The van der Waals surface area contributed by atoms with E-state index in [0.717, 1.165) is 37.2 Å². The van der Waals surface area contributed by atoms with Crippen molar-refractivity contribution in [2.45, 2.75) is 39.3 Å². The number of hydrogen-bond acceptors (Lipinski definition) is 5. The lowest BCUT2D eigenvalue weighted by Crippen LogP contribution is -2.33. The zero-order valence-electron chi connectivity index (χ0n) is 10.0. The molecule has 0 saturated carbocycles. The van der Waals surface area contributed by atoms with Crippen molar-refractivity contribution in [3.8, 4) is 0 Å². The van der Waals surface area contributed by atoms with Crippen molar-refractivity contribution >= 4 is 5.82 Å². The van der Waals surface area contributed by atoms with Gasteiger partial charge in [0.25, 0.3) is 5.56 Å². The number of nitrogens with one attached hydrogen (secondary N) is 1. The van der Waals surface area contributed by atoms with E-state index in [-0.39, 0.29) is 11.4 Å². The predicted molar refractivity (Wildman–Crippen MR) is 64.6 cm³/mol. The molecule has 1 aliphatic heterocycles. The van der Waals surface area contributed by atoms with Crippen LogP contribution in [0.3, 0.4) is 0 Å². The Hall–Kier alpha value is -1.40. The summed E-state index contributed by atoms with van der Waals surface area (Å²) in [7, 11) is 0. The number of nitrogens with zero attached hydrogens (tertiary/aromatic N) is 2. The number of fused-ring (bicyclic) bond motifs is 1. The SMILES string of the molecule is CCCCn1c2c(nc(NN)c1=O)COCC2. The van der Waals surface area contributed by atoms with Gasteiger partial charge >= 0.3 is 0 Å². The summed E-state index contributed by atoms with van der Waals surface area (Å²) in [5.74, 6) is 5.51. The second kappa shape index (κ2) is 5.29. The first-order valence-electron chi connectivity index (χ1n) is 5.95. The summed E-state index contributed by atoms with van der Waals surface area (Å²) in [5, 5.41) is 0. The summed E-state index contributed by atoms with van der Waals surface area (Å²) in [6.45, 7) is 3.92. The molecule has 2 rings (SSSR count). The number of ether oxygens (including phenoxy) is 1. The minimum absolute atomic E-state index is 0.137. The maximum atomic E-state index is 12.1. The van der Waals surface area contributed by atoms with Crippen LogP contribution in [0.15, 0.2) is 4.79 Å². The molecule has 0 atom stereocenters. The number of aromatic nitrogens is 2. The Balaban J connectivity index is 2.48. The number of nitrogen functional groups attached to an aromatic ring is 1. The van der Waals surface area contributed by atoms with Gasteiger partial charge in [-0.15, -0.1) is 0 Å². The first kappa shape index (κ1) is 12.1. The van der Waals surface area contributed by atoms with Gasteiger partial charge in [-0.3, -0.25) is 4.79 Å². The maximum Gasteiger partial charge on any atom is 0.294 e. The van der Waals surface area contributed by atoms with E-state index >= 15 is 0 Å². The minimum Gasteiger partial charge on any atom is -0.375 e. The highest BCUT2D eigenvalue weighted by Crippen LogP contribution is 2.15. The van der Waals surface area contributed by atoms with Crippen LogP contribution in [0.1, 0.15) is 31.2 Å². The van der Waals surface area contributed by atoms with E-state index in [4.69, 9.17) is 10.6 Å².